The van der Waals surface area contributed by atoms with Crippen molar-refractivity contribution < 1.29 is 0 Å². The Morgan fingerprint density at radius 3 is 2.55 bits per heavy atom. The Balaban J connectivity index is 0.00000300. The molecule has 1 aromatic heterocycles. The fourth-order valence-corrected chi connectivity index (χ4v) is 3.42. The zero-order chi connectivity index (χ0) is 20.1. The number of hydrogen-bond donors (Lipinski definition) is 2. The number of aromatic nitrogens is 3. The molecule has 2 N–H and O–H groups in total. The fraction of sp³-hybridized carbons (Fsp3) is 0.591. The van der Waals surface area contributed by atoms with Gasteiger partial charge in [-0.2, -0.15) is 5.10 Å². The first-order valence-corrected chi connectivity index (χ1v) is 10.5. The van der Waals surface area contributed by atoms with Crippen LogP contribution in [0.15, 0.2) is 29.3 Å². The number of rotatable bonds is 5. The number of aryl methyl sites for hydroxylation is 2. The van der Waals surface area contributed by atoms with Crippen molar-refractivity contribution >= 4 is 29.9 Å². The molecule has 0 radical (unpaired) electrons. The van der Waals surface area contributed by atoms with Gasteiger partial charge in [0.05, 0.1) is 13.1 Å². The number of halogens is 1. The molecule has 2 aromatic rings. The van der Waals surface area contributed by atoms with Crippen molar-refractivity contribution in [2.45, 2.75) is 78.4 Å². The molecule has 0 bridgehead atoms. The highest BCUT2D eigenvalue weighted by molar-refractivity contribution is 14.0. The van der Waals surface area contributed by atoms with Gasteiger partial charge in [0.15, 0.2) is 11.8 Å². The predicted molar refractivity (Wildman–Crippen MR) is 130 cm³/mol. The number of fused-ring (bicyclic) bond motifs is 1. The Hall–Kier alpha value is -1.64. The maximum absolute atomic E-state index is 4.80. The number of nitrogens with zero attached hydrogens (tertiary/aromatic N) is 4. The smallest absolute Gasteiger partial charge is 0.191 e. The van der Waals surface area contributed by atoms with E-state index in [0.29, 0.717) is 12.6 Å². The van der Waals surface area contributed by atoms with E-state index in [2.05, 4.69) is 84.3 Å². The van der Waals surface area contributed by atoms with Crippen LogP contribution >= 0.6 is 24.0 Å². The SMILES string of the molecule is CCNC(=NCc1ccc(C(C)(C)C)cc1)NC1CCc2nc(CC)nn2C1.I. The standard InChI is InChI=1S/C22H34N6.HI/c1-6-19-26-20-13-12-18(15-28(20)27-19)25-21(23-7-2)24-14-16-8-10-17(11-9-16)22(3,4)5;/h8-11,18H,6-7,12-15H2,1-5H3,(H2,23,24,25);1H. The maximum atomic E-state index is 4.80. The monoisotopic (exact) mass is 510 g/mol. The van der Waals surface area contributed by atoms with Crippen molar-refractivity contribution in [3.63, 3.8) is 0 Å². The molecule has 1 atom stereocenters. The van der Waals surface area contributed by atoms with E-state index in [0.717, 1.165) is 50.0 Å². The normalized spacial score (nSPS) is 16.7. The first kappa shape index (κ1) is 23.6. The van der Waals surface area contributed by atoms with Gasteiger partial charge in [-0.15, -0.1) is 24.0 Å². The third kappa shape index (κ3) is 6.42. The average molecular weight is 510 g/mol. The second-order valence-corrected chi connectivity index (χ2v) is 8.50. The molecule has 1 unspecified atom stereocenters. The molecule has 0 spiro atoms. The number of guanidine groups is 1. The van der Waals surface area contributed by atoms with Gasteiger partial charge in [0.1, 0.15) is 5.82 Å². The zero-order valence-corrected chi connectivity index (χ0v) is 20.7. The third-order valence-corrected chi connectivity index (χ3v) is 5.14. The number of aliphatic imine (C=N–C) groups is 1. The lowest BCUT2D eigenvalue weighted by Crippen LogP contribution is -2.47. The van der Waals surface area contributed by atoms with E-state index in [-0.39, 0.29) is 29.4 Å². The van der Waals surface area contributed by atoms with Crippen LogP contribution in [0.4, 0.5) is 0 Å². The van der Waals surface area contributed by atoms with Crippen LogP contribution in [0.3, 0.4) is 0 Å². The molecule has 2 heterocycles. The lowest BCUT2D eigenvalue weighted by Gasteiger charge is -2.25. The van der Waals surface area contributed by atoms with E-state index >= 15 is 0 Å². The van der Waals surface area contributed by atoms with Crippen LogP contribution in [0, 0.1) is 0 Å². The Morgan fingerprint density at radius 1 is 1.21 bits per heavy atom. The van der Waals surface area contributed by atoms with Crippen LogP contribution in [0.2, 0.25) is 0 Å². The van der Waals surface area contributed by atoms with Crippen LogP contribution < -0.4 is 10.6 Å². The van der Waals surface area contributed by atoms with Crippen molar-refractivity contribution in [1.82, 2.24) is 25.4 Å². The summed E-state index contributed by atoms with van der Waals surface area (Å²) in [6.07, 6.45) is 2.89. The third-order valence-electron chi connectivity index (χ3n) is 5.14. The quantitative estimate of drug-likeness (QED) is 0.365. The summed E-state index contributed by atoms with van der Waals surface area (Å²) in [5.41, 5.74) is 2.75. The van der Waals surface area contributed by atoms with Crippen molar-refractivity contribution in [2.24, 2.45) is 4.99 Å². The van der Waals surface area contributed by atoms with E-state index < -0.39 is 0 Å². The molecule has 1 aromatic carbocycles. The summed E-state index contributed by atoms with van der Waals surface area (Å²) >= 11 is 0. The van der Waals surface area contributed by atoms with Crippen molar-refractivity contribution in [1.29, 1.82) is 0 Å². The summed E-state index contributed by atoms with van der Waals surface area (Å²) in [4.78, 5) is 9.39. The van der Waals surface area contributed by atoms with Gasteiger partial charge in [-0.1, -0.05) is 52.0 Å². The molecule has 0 saturated heterocycles. The number of nitrogens with one attached hydrogen (secondary N) is 2. The lowest BCUT2D eigenvalue weighted by molar-refractivity contribution is 0.392. The molecule has 3 rings (SSSR count). The minimum atomic E-state index is 0. The van der Waals surface area contributed by atoms with Gasteiger partial charge in [0.25, 0.3) is 0 Å². The highest BCUT2D eigenvalue weighted by Gasteiger charge is 2.22. The van der Waals surface area contributed by atoms with Crippen LogP contribution in [0.5, 0.6) is 0 Å². The second-order valence-electron chi connectivity index (χ2n) is 8.50. The van der Waals surface area contributed by atoms with Crippen molar-refractivity contribution in [2.75, 3.05) is 6.54 Å². The number of benzene rings is 1. The fourth-order valence-electron chi connectivity index (χ4n) is 3.42. The van der Waals surface area contributed by atoms with Gasteiger partial charge < -0.3 is 10.6 Å². The second kappa shape index (κ2) is 10.4. The van der Waals surface area contributed by atoms with Crippen LogP contribution in [-0.4, -0.2) is 33.3 Å². The number of hydrogen-bond acceptors (Lipinski definition) is 3. The molecule has 160 valence electrons. The summed E-state index contributed by atoms with van der Waals surface area (Å²) < 4.78 is 2.05. The van der Waals surface area contributed by atoms with Crippen LogP contribution in [0.1, 0.15) is 63.8 Å². The highest BCUT2D eigenvalue weighted by atomic mass is 127. The molecule has 0 saturated carbocycles. The Labute approximate surface area is 192 Å². The van der Waals surface area contributed by atoms with Gasteiger partial charge in [-0.3, -0.25) is 0 Å². The predicted octanol–water partition coefficient (Wildman–Crippen LogP) is 3.83. The van der Waals surface area contributed by atoms with E-state index in [4.69, 9.17) is 4.99 Å². The molecular weight excluding hydrogens is 475 g/mol. The van der Waals surface area contributed by atoms with E-state index in [1.54, 1.807) is 0 Å². The Morgan fingerprint density at radius 2 is 1.93 bits per heavy atom. The molecular formula is C22H35IN6. The lowest BCUT2D eigenvalue weighted by atomic mass is 9.87. The average Bonchev–Trinajstić information content (AvgIpc) is 3.08. The van der Waals surface area contributed by atoms with E-state index in [1.807, 2.05) is 0 Å². The molecule has 0 fully saturated rings. The van der Waals surface area contributed by atoms with Crippen molar-refractivity contribution in [3.8, 4) is 0 Å². The summed E-state index contributed by atoms with van der Waals surface area (Å²) in [5.74, 6) is 2.91. The van der Waals surface area contributed by atoms with Crippen LogP contribution in [0.25, 0.3) is 0 Å². The first-order chi connectivity index (χ1) is 13.4. The topological polar surface area (TPSA) is 67.1 Å². The summed E-state index contributed by atoms with van der Waals surface area (Å²) in [6.45, 7) is 13.3. The molecule has 1 aliphatic rings. The Kier molecular flexibility index (Phi) is 8.48. The van der Waals surface area contributed by atoms with Gasteiger partial charge in [0.2, 0.25) is 0 Å². The summed E-state index contributed by atoms with van der Waals surface area (Å²) in [5, 5.41) is 11.6. The van der Waals surface area contributed by atoms with Gasteiger partial charge in [0, 0.05) is 25.4 Å². The molecule has 1 aliphatic heterocycles. The minimum Gasteiger partial charge on any atom is -0.357 e. The molecule has 6 nitrogen and oxygen atoms in total. The van der Waals surface area contributed by atoms with E-state index in [1.165, 1.54) is 11.1 Å². The first-order valence-electron chi connectivity index (χ1n) is 10.5. The van der Waals surface area contributed by atoms with Crippen LogP contribution in [-0.2, 0) is 31.3 Å². The van der Waals surface area contributed by atoms with Gasteiger partial charge >= 0.3 is 0 Å². The van der Waals surface area contributed by atoms with Gasteiger partial charge in [-0.25, -0.2) is 14.7 Å². The largest absolute Gasteiger partial charge is 0.357 e. The summed E-state index contributed by atoms with van der Waals surface area (Å²) in [7, 11) is 0. The van der Waals surface area contributed by atoms with Gasteiger partial charge in [-0.05, 0) is 29.9 Å². The maximum Gasteiger partial charge on any atom is 0.191 e. The molecule has 0 aliphatic carbocycles. The zero-order valence-electron chi connectivity index (χ0n) is 18.3. The molecule has 0 amide bonds. The Bertz CT molecular complexity index is 804. The van der Waals surface area contributed by atoms with Crippen molar-refractivity contribution in [3.05, 3.63) is 47.0 Å². The highest BCUT2D eigenvalue weighted by Crippen LogP contribution is 2.22. The molecule has 29 heavy (non-hydrogen) atoms. The minimum absolute atomic E-state index is 0. The summed E-state index contributed by atoms with van der Waals surface area (Å²) in [6, 6.07) is 9.11. The van der Waals surface area contributed by atoms with E-state index in [9.17, 15) is 0 Å². The molecule has 7 heteroatoms.